The third-order valence-electron chi connectivity index (χ3n) is 4.37. The Labute approximate surface area is 144 Å². The summed E-state index contributed by atoms with van der Waals surface area (Å²) in [7, 11) is 0. The van der Waals surface area contributed by atoms with Crippen molar-refractivity contribution in [3.63, 3.8) is 0 Å². The second kappa shape index (κ2) is 6.24. The minimum atomic E-state index is -0.241. The quantitative estimate of drug-likeness (QED) is 0.662. The van der Waals surface area contributed by atoms with Crippen LogP contribution >= 0.6 is 11.3 Å². The van der Waals surface area contributed by atoms with Gasteiger partial charge in [0.25, 0.3) is 0 Å². The summed E-state index contributed by atoms with van der Waals surface area (Å²) in [4.78, 5) is 18.0. The van der Waals surface area contributed by atoms with Crippen LogP contribution in [0.3, 0.4) is 0 Å². The summed E-state index contributed by atoms with van der Waals surface area (Å²) >= 11 is 1.66. The molecule has 122 valence electrons. The molecule has 3 aromatic rings. The van der Waals surface area contributed by atoms with Crippen LogP contribution in [0.5, 0.6) is 0 Å². The average Bonchev–Trinajstić information content (AvgIpc) is 3.32. The Morgan fingerprint density at radius 2 is 2.17 bits per heavy atom. The van der Waals surface area contributed by atoms with Crippen LogP contribution in [0.4, 0.5) is 0 Å². The molecule has 0 spiro atoms. The molecule has 0 bridgehead atoms. The fraction of sp³-hybridized carbons (Fsp3) is 0.263. The molecule has 1 aliphatic rings. The largest absolute Gasteiger partial charge is 0.462 e. The monoisotopic (exact) mass is 338 g/mol. The van der Waals surface area contributed by atoms with E-state index in [1.165, 1.54) is 5.69 Å². The average molecular weight is 338 g/mol. The number of ether oxygens (including phenoxy) is 1. The van der Waals surface area contributed by atoms with Crippen molar-refractivity contribution >= 4 is 17.3 Å². The summed E-state index contributed by atoms with van der Waals surface area (Å²) in [6.45, 7) is 3.16. The van der Waals surface area contributed by atoms with Gasteiger partial charge >= 0.3 is 5.97 Å². The van der Waals surface area contributed by atoms with E-state index in [0.29, 0.717) is 12.2 Å². The number of hydrogen-bond acceptors (Lipinski definition) is 4. The van der Waals surface area contributed by atoms with Crippen molar-refractivity contribution in [2.24, 2.45) is 0 Å². The van der Waals surface area contributed by atoms with Gasteiger partial charge in [-0.15, -0.1) is 11.3 Å². The summed E-state index contributed by atoms with van der Waals surface area (Å²) in [5.74, 6) is -0.241. The molecule has 4 heterocycles. The minimum Gasteiger partial charge on any atom is -0.462 e. The van der Waals surface area contributed by atoms with Gasteiger partial charge in [-0.1, -0.05) is 6.07 Å². The third kappa shape index (κ3) is 2.36. The molecule has 0 fully saturated rings. The Morgan fingerprint density at radius 3 is 2.88 bits per heavy atom. The Hall–Kier alpha value is -2.40. The van der Waals surface area contributed by atoms with Crippen LogP contribution in [0.2, 0.25) is 0 Å². The smallest absolute Gasteiger partial charge is 0.341 e. The number of carbonyl (C=O) groups excluding carboxylic acids is 1. The second-order valence-electron chi connectivity index (χ2n) is 5.73. The highest BCUT2D eigenvalue weighted by Crippen LogP contribution is 2.42. The maximum Gasteiger partial charge on any atom is 0.341 e. The number of rotatable bonds is 4. The number of aromatic nitrogens is 2. The summed E-state index contributed by atoms with van der Waals surface area (Å²) < 4.78 is 7.70. The standard InChI is InChI=1S/C19H18N2O2S/c1-2-23-19(22)17-16(13-7-9-20-10-8-13)14-5-3-11-21(14)18(17)15-6-4-12-24-15/h4,6-10,12H,2-3,5,11H2,1H3. The number of pyridine rings is 1. The zero-order chi connectivity index (χ0) is 16.5. The fourth-order valence-electron chi connectivity index (χ4n) is 3.48. The highest BCUT2D eigenvalue weighted by molar-refractivity contribution is 7.13. The minimum absolute atomic E-state index is 0.241. The molecule has 0 radical (unpaired) electrons. The van der Waals surface area contributed by atoms with Crippen LogP contribution in [-0.4, -0.2) is 22.1 Å². The lowest BCUT2D eigenvalue weighted by Crippen LogP contribution is -2.08. The predicted octanol–water partition coefficient (Wildman–Crippen LogP) is 4.40. The van der Waals surface area contributed by atoms with E-state index in [9.17, 15) is 4.79 Å². The van der Waals surface area contributed by atoms with Crippen molar-refractivity contribution in [3.05, 3.63) is 53.3 Å². The Kier molecular flexibility index (Phi) is 3.94. The van der Waals surface area contributed by atoms with Gasteiger partial charge < -0.3 is 9.30 Å². The first-order valence-corrected chi connectivity index (χ1v) is 9.06. The van der Waals surface area contributed by atoms with Crippen LogP contribution in [0, 0.1) is 0 Å². The molecule has 4 rings (SSSR count). The Bertz CT molecular complexity index is 867. The van der Waals surface area contributed by atoms with Crippen LogP contribution in [0.1, 0.15) is 29.4 Å². The molecule has 5 heteroatoms. The SMILES string of the molecule is CCOC(=O)c1c(-c2ccncc2)c2n(c1-c1cccs1)CCC2. The van der Waals surface area contributed by atoms with Gasteiger partial charge in [-0.05, 0) is 48.9 Å². The summed E-state index contributed by atoms with van der Waals surface area (Å²) in [6.07, 6.45) is 5.63. The van der Waals surface area contributed by atoms with E-state index < -0.39 is 0 Å². The van der Waals surface area contributed by atoms with Gasteiger partial charge in [0.1, 0.15) is 0 Å². The molecule has 0 saturated carbocycles. The zero-order valence-corrected chi connectivity index (χ0v) is 14.3. The van der Waals surface area contributed by atoms with Gasteiger partial charge in [-0.2, -0.15) is 0 Å². The molecule has 3 aromatic heterocycles. The van der Waals surface area contributed by atoms with Crippen LogP contribution in [0.15, 0.2) is 42.0 Å². The molecule has 0 unspecified atom stereocenters. The first-order chi connectivity index (χ1) is 11.8. The molecule has 4 nitrogen and oxygen atoms in total. The number of fused-ring (bicyclic) bond motifs is 1. The first kappa shape index (κ1) is 15.1. The van der Waals surface area contributed by atoms with E-state index in [2.05, 4.69) is 15.6 Å². The number of thiophene rings is 1. The predicted molar refractivity (Wildman–Crippen MR) is 95.3 cm³/mol. The molecule has 0 amide bonds. The molecule has 0 N–H and O–H groups in total. The summed E-state index contributed by atoms with van der Waals surface area (Å²) in [5.41, 5.74) is 4.97. The summed E-state index contributed by atoms with van der Waals surface area (Å²) in [5, 5.41) is 2.05. The molecule has 1 aliphatic heterocycles. The van der Waals surface area contributed by atoms with Crippen molar-refractivity contribution in [2.45, 2.75) is 26.3 Å². The van der Waals surface area contributed by atoms with Crippen LogP contribution < -0.4 is 0 Å². The lowest BCUT2D eigenvalue weighted by atomic mass is 9.99. The normalized spacial score (nSPS) is 13.0. The number of carbonyl (C=O) groups is 1. The number of hydrogen-bond donors (Lipinski definition) is 0. The maximum atomic E-state index is 12.8. The molecule has 0 aliphatic carbocycles. The third-order valence-corrected chi connectivity index (χ3v) is 5.25. The van der Waals surface area contributed by atoms with Gasteiger partial charge in [-0.3, -0.25) is 4.98 Å². The molecular weight excluding hydrogens is 320 g/mol. The van der Waals surface area contributed by atoms with Crippen molar-refractivity contribution in [1.29, 1.82) is 0 Å². The van der Waals surface area contributed by atoms with Crippen molar-refractivity contribution in [3.8, 4) is 21.7 Å². The van der Waals surface area contributed by atoms with Crippen molar-refractivity contribution in [1.82, 2.24) is 9.55 Å². The number of nitrogens with zero attached hydrogens (tertiary/aromatic N) is 2. The maximum absolute atomic E-state index is 12.8. The Morgan fingerprint density at radius 1 is 1.33 bits per heavy atom. The van der Waals surface area contributed by atoms with Crippen LogP contribution in [0.25, 0.3) is 21.7 Å². The highest BCUT2D eigenvalue weighted by atomic mass is 32.1. The van der Waals surface area contributed by atoms with Gasteiger partial charge in [0, 0.05) is 30.2 Å². The van der Waals surface area contributed by atoms with Gasteiger partial charge in [-0.25, -0.2) is 4.79 Å². The lowest BCUT2D eigenvalue weighted by molar-refractivity contribution is 0.0528. The molecule has 0 atom stereocenters. The van der Waals surface area contributed by atoms with Crippen molar-refractivity contribution in [2.75, 3.05) is 6.61 Å². The van der Waals surface area contributed by atoms with Crippen molar-refractivity contribution < 1.29 is 9.53 Å². The van der Waals surface area contributed by atoms with E-state index >= 15 is 0 Å². The molecule has 24 heavy (non-hydrogen) atoms. The molecule has 0 saturated heterocycles. The van der Waals surface area contributed by atoms with E-state index in [-0.39, 0.29) is 5.97 Å². The molecular formula is C19H18N2O2S. The topological polar surface area (TPSA) is 44.1 Å². The van der Waals surface area contributed by atoms with Gasteiger partial charge in [0.05, 0.1) is 22.7 Å². The summed E-state index contributed by atoms with van der Waals surface area (Å²) in [6, 6.07) is 8.03. The van der Waals surface area contributed by atoms with E-state index in [0.717, 1.165) is 41.1 Å². The lowest BCUT2D eigenvalue weighted by Gasteiger charge is -2.09. The van der Waals surface area contributed by atoms with E-state index in [1.807, 2.05) is 30.5 Å². The first-order valence-electron chi connectivity index (χ1n) is 8.18. The van der Waals surface area contributed by atoms with E-state index in [4.69, 9.17) is 4.74 Å². The second-order valence-corrected chi connectivity index (χ2v) is 6.68. The molecule has 0 aromatic carbocycles. The van der Waals surface area contributed by atoms with E-state index in [1.54, 1.807) is 23.7 Å². The van der Waals surface area contributed by atoms with Gasteiger partial charge in [0.2, 0.25) is 0 Å². The number of esters is 1. The Balaban J connectivity index is 2.02. The van der Waals surface area contributed by atoms with Gasteiger partial charge in [0.15, 0.2) is 0 Å². The fourth-order valence-corrected chi connectivity index (χ4v) is 4.26. The highest BCUT2D eigenvalue weighted by Gasteiger charge is 2.32. The zero-order valence-electron chi connectivity index (χ0n) is 13.5. The van der Waals surface area contributed by atoms with Crippen LogP contribution in [-0.2, 0) is 17.7 Å².